The summed E-state index contributed by atoms with van der Waals surface area (Å²) in [5.74, 6) is 0.0937. The highest BCUT2D eigenvalue weighted by atomic mass is 16.2. The molecule has 0 bridgehead atoms. The normalized spacial score (nSPS) is 22.6. The largest absolute Gasteiger partial charge is 0.325 e. The first-order valence-electron chi connectivity index (χ1n) is 6.70. The Labute approximate surface area is 107 Å². The lowest BCUT2D eigenvalue weighted by Crippen LogP contribution is -2.35. The van der Waals surface area contributed by atoms with E-state index in [1.807, 2.05) is 6.07 Å². The molecule has 2 aliphatic heterocycles. The average molecular weight is 245 g/mol. The second-order valence-electron chi connectivity index (χ2n) is 5.05. The van der Waals surface area contributed by atoms with Crippen molar-refractivity contribution < 1.29 is 4.79 Å². The fourth-order valence-corrected chi connectivity index (χ4v) is 2.70. The topological polar surface area (TPSA) is 53.2 Å². The summed E-state index contributed by atoms with van der Waals surface area (Å²) in [5, 5.41) is 9.57. The zero-order valence-corrected chi connectivity index (χ0v) is 10.5. The molecule has 0 aliphatic carbocycles. The minimum atomic E-state index is -0.0147. The third-order valence-corrected chi connectivity index (χ3v) is 3.74. The number of hydrogen-bond acceptors (Lipinski definition) is 3. The molecule has 4 nitrogen and oxygen atoms in total. The fraction of sp³-hybridized carbons (Fsp3) is 0.500. The van der Waals surface area contributed by atoms with Gasteiger partial charge in [0.2, 0.25) is 5.91 Å². The number of carbonyl (C=O) groups excluding carboxylic acids is 1. The second kappa shape index (κ2) is 5.08. The van der Waals surface area contributed by atoms with E-state index in [-0.39, 0.29) is 11.9 Å². The van der Waals surface area contributed by atoms with Crippen LogP contribution >= 0.6 is 0 Å². The number of hydrogen-bond donors (Lipinski definition) is 3. The number of carbonyl (C=O) groups is 1. The van der Waals surface area contributed by atoms with E-state index in [4.69, 9.17) is 0 Å². The standard InChI is InChI=1S/C14H19N3O/c18-14(13-2-1-6-16-13)17-12-4-3-10-5-7-15-9-11(10)8-12/h3-4,8,13,15-16H,1-2,5-7,9H2,(H,17,18). The van der Waals surface area contributed by atoms with Gasteiger partial charge in [0, 0.05) is 12.2 Å². The Kier molecular flexibility index (Phi) is 3.30. The van der Waals surface area contributed by atoms with Crippen molar-refractivity contribution in [2.24, 2.45) is 0 Å². The molecule has 2 aliphatic rings. The number of rotatable bonds is 2. The Hall–Kier alpha value is -1.39. The fourth-order valence-electron chi connectivity index (χ4n) is 2.70. The summed E-state index contributed by atoms with van der Waals surface area (Å²) in [6.07, 6.45) is 3.11. The van der Waals surface area contributed by atoms with Crippen molar-refractivity contribution >= 4 is 11.6 Å². The van der Waals surface area contributed by atoms with Gasteiger partial charge in [0.1, 0.15) is 0 Å². The van der Waals surface area contributed by atoms with Gasteiger partial charge in [0.25, 0.3) is 0 Å². The molecule has 1 aromatic rings. The van der Waals surface area contributed by atoms with Gasteiger partial charge in [0.15, 0.2) is 0 Å². The molecule has 0 aromatic heterocycles. The molecule has 4 heteroatoms. The maximum atomic E-state index is 12.0. The zero-order chi connectivity index (χ0) is 12.4. The highest BCUT2D eigenvalue weighted by Gasteiger charge is 2.22. The number of fused-ring (bicyclic) bond motifs is 1. The van der Waals surface area contributed by atoms with Gasteiger partial charge in [-0.05, 0) is 55.6 Å². The van der Waals surface area contributed by atoms with E-state index in [1.54, 1.807) is 0 Å². The molecular formula is C14H19N3O. The van der Waals surface area contributed by atoms with Crippen molar-refractivity contribution in [3.05, 3.63) is 29.3 Å². The van der Waals surface area contributed by atoms with E-state index in [0.717, 1.165) is 44.6 Å². The summed E-state index contributed by atoms with van der Waals surface area (Å²) in [7, 11) is 0. The molecule has 1 aromatic carbocycles. The van der Waals surface area contributed by atoms with E-state index < -0.39 is 0 Å². The average Bonchev–Trinajstić information content (AvgIpc) is 2.92. The summed E-state index contributed by atoms with van der Waals surface area (Å²) in [6.45, 7) is 2.90. The summed E-state index contributed by atoms with van der Waals surface area (Å²) in [5.41, 5.74) is 3.61. The molecule has 96 valence electrons. The maximum Gasteiger partial charge on any atom is 0.241 e. The highest BCUT2D eigenvalue weighted by molar-refractivity contribution is 5.95. The summed E-state index contributed by atoms with van der Waals surface area (Å²) in [4.78, 5) is 12.0. The molecule has 1 atom stereocenters. The lowest BCUT2D eigenvalue weighted by Gasteiger charge is -2.18. The van der Waals surface area contributed by atoms with Gasteiger partial charge in [-0.1, -0.05) is 6.07 Å². The zero-order valence-electron chi connectivity index (χ0n) is 10.5. The van der Waals surface area contributed by atoms with Gasteiger partial charge in [-0.25, -0.2) is 0 Å². The van der Waals surface area contributed by atoms with Crippen LogP contribution in [0.15, 0.2) is 18.2 Å². The van der Waals surface area contributed by atoms with E-state index in [1.165, 1.54) is 11.1 Å². The molecule has 0 radical (unpaired) electrons. The summed E-state index contributed by atoms with van der Waals surface area (Å²) < 4.78 is 0. The molecule has 1 fully saturated rings. The Morgan fingerprint density at radius 2 is 2.22 bits per heavy atom. The Bertz CT molecular complexity index is 452. The van der Waals surface area contributed by atoms with Crippen LogP contribution in [0, 0.1) is 0 Å². The monoisotopic (exact) mass is 245 g/mol. The Morgan fingerprint density at radius 1 is 1.28 bits per heavy atom. The third-order valence-electron chi connectivity index (χ3n) is 3.74. The van der Waals surface area contributed by atoms with Gasteiger partial charge in [-0.15, -0.1) is 0 Å². The predicted octanol–water partition coefficient (Wildman–Crippen LogP) is 1.02. The molecule has 18 heavy (non-hydrogen) atoms. The van der Waals surface area contributed by atoms with Crippen molar-refractivity contribution in [3.8, 4) is 0 Å². The van der Waals surface area contributed by atoms with Crippen LogP contribution in [0.4, 0.5) is 5.69 Å². The van der Waals surface area contributed by atoms with E-state index in [9.17, 15) is 4.79 Å². The predicted molar refractivity (Wildman–Crippen MR) is 71.5 cm³/mol. The van der Waals surface area contributed by atoms with Crippen LogP contribution in [0.2, 0.25) is 0 Å². The SMILES string of the molecule is O=C(Nc1ccc2c(c1)CNCC2)C1CCCN1. The molecule has 0 saturated carbocycles. The van der Waals surface area contributed by atoms with E-state index >= 15 is 0 Å². The minimum Gasteiger partial charge on any atom is -0.325 e. The van der Waals surface area contributed by atoms with Gasteiger partial charge in [0.05, 0.1) is 6.04 Å². The summed E-state index contributed by atoms with van der Waals surface area (Å²) >= 11 is 0. The first kappa shape index (κ1) is 11.7. The molecule has 1 amide bonds. The van der Waals surface area contributed by atoms with Crippen LogP contribution in [0.5, 0.6) is 0 Å². The molecular weight excluding hydrogens is 226 g/mol. The van der Waals surface area contributed by atoms with Gasteiger partial charge in [-0.2, -0.15) is 0 Å². The van der Waals surface area contributed by atoms with E-state index in [2.05, 4.69) is 28.1 Å². The van der Waals surface area contributed by atoms with Crippen LogP contribution in [0.25, 0.3) is 0 Å². The molecule has 1 unspecified atom stereocenters. The van der Waals surface area contributed by atoms with E-state index in [0.29, 0.717) is 0 Å². The van der Waals surface area contributed by atoms with Crippen molar-refractivity contribution in [1.82, 2.24) is 10.6 Å². The Balaban J connectivity index is 1.70. The first-order chi connectivity index (χ1) is 8.83. The summed E-state index contributed by atoms with van der Waals surface area (Å²) in [6, 6.07) is 6.22. The van der Waals surface area contributed by atoms with Crippen molar-refractivity contribution in [2.75, 3.05) is 18.4 Å². The number of amides is 1. The second-order valence-corrected chi connectivity index (χ2v) is 5.05. The Morgan fingerprint density at radius 3 is 3.06 bits per heavy atom. The van der Waals surface area contributed by atoms with Crippen LogP contribution in [0.1, 0.15) is 24.0 Å². The van der Waals surface area contributed by atoms with Gasteiger partial charge in [-0.3, -0.25) is 4.79 Å². The molecule has 1 saturated heterocycles. The van der Waals surface area contributed by atoms with Crippen LogP contribution in [-0.2, 0) is 17.8 Å². The lowest BCUT2D eigenvalue weighted by molar-refractivity contribution is -0.117. The quantitative estimate of drug-likeness (QED) is 0.729. The molecule has 3 rings (SSSR count). The maximum absolute atomic E-state index is 12.0. The van der Waals surface area contributed by atoms with Gasteiger partial charge >= 0.3 is 0 Å². The highest BCUT2D eigenvalue weighted by Crippen LogP contribution is 2.19. The lowest BCUT2D eigenvalue weighted by atomic mass is 10.0. The van der Waals surface area contributed by atoms with Crippen LogP contribution in [-0.4, -0.2) is 25.0 Å². The molecule has 2 heterocycles. The van der Waals surface area contributed by atoms with Crippen molar-refractivity contribution in [1.29, 1.82) is 0 Å². The minimum absolute atomic E-state index is 0.0147. The molecule has 3 N–H and O–H groups in total. The smallest absolute Gasteiger partial charge is 0.241 e. The first-order valence-corrected chi connectivity index (χ1v) is 6.70. The van der Waals surface area contributed by atoms with Crippen molar-refractivity contribution in [2.45, 2.75) is 31.8 Å². The van der Waals surface area contributed by atoms with Crippen LogP contribution in [0.3, 0.4) is 0 Å². The third kappa shape index (κ3) is 2.40. The van der Waals surface area contributed by atoms with Crippen LogP contribution < -0.4 is 16.0 Å². The molecule has 0 spiro atoms. The number of anilines is 1. The van der Waals surface area contributed by atoms with Gasteiger partial charge < -0.3 is 16.0 Å². The number of benzene rings is 1. The number of nitrogens with one attached hydrogen (secondary N) is 3. The van der Waals surface area contributed by atoms with Crippen molar-refractivity contribution in [3.63, 3.8) is 0 Å².